The van der Waals surface area contributed by atoms with Crippen molar-refractivity contribution in [1.82, 2.24) is 20.2 Å². The normalized spacial score (nSPS) is 11.4. The molecule has 0 radical (unpaired) electrons. The summed E-state index contributed by atoms with van der Waals surface area (Å²) < 4.78 is 27.6. The maximum Gasteiger partial charge on any atom is 0.232 e. The van der Waals surface area contributed by atoms with Crippen molar-refractivity contribution in [1.29, 1.82) is 0 Å². The van der Waals surface area contributed by atoms with Crippen molar-refractivity contribution in [3.8, 4) is 5.69 Å². The minimum atomic E-state index is -3.33. The van der Waals surface area contributed by atoms with E-state index >= 15 is 0 Å². The number of nitrogens with one attached hydrogen (secondary N) is 1. The molecule has 0 unspecified atom stereocenters. The number of tetrazole rings is 1. The zero-order chi connectivity index (χ0) is 14.4. The third kappa shape index (κ3) is 4.17. The molecule has 1 aromatic heterocycles. The average Bonchev–Trinajstić information content (AvgIpc) is 2.93. The summed E-state index contributed by atoms with van der Waals surface area (Å²) in [5.74, 6) is 0.532. The lowest BCUT2D eigenvalue weighted by Gasteiger charge is -2.08. The van der Waals surface area contributed by atoms with Gasteiger partial charge in [-0.2, -0.15) is 0 Å². The van der Waals surface area contributed by atoms with E-state index in [9.17, 15) is 8.42 Å². The lowest BCUT2D eigenvalue weighted by atomic mass is 10.3. The molecule has 0 spiro atoms. The van der Waals surface area contributed by atoms with Gasteiger partial charge in [0.1, 0.15) is 6.33 Å². The van der Waals surface area contributed by atoms with Gasteiger partial charge >= 0.3 is 0 Å². The molecule has 0 saturated heterocycles. The maximum atomic E-state index is 11.8. The van der Waals surface area contributed by atoms with Crippen molar-refractivity contribution in [3.05, 3.63) is 30.6 Å². The summed E-state index contributed by atoms with van der Waals surface area (Å²) in [4.78, 5) is 0. The first-order chi connectivity index (χ1) is 9.61. The maximum absolute atomic E-state index is 11.8. The van der Waals surface area contributed by atoms with Crippen LogP contribution < -0.4 is 4.72 Å². The molecule has 108 valence electrons. The van der Waals surface area contributed by atoms with E-state index in [2.05, 4.69) is 20.2 Å². The van der Waals surface area contributed by atoms with Crippen molar-refractivity contribution < 1.29 is 8.42 Å². The van der Waals surface area contributed by atoms with Crippen LogP contribution in [0.25, 0.3) is 5.69 Å². The number of nitrogens with zero attached hydrogens (tertiary/aromatic N) is 4. The second-order valence-corrected chi connectivity index (χ2v) is 6.34. The van der Waals surface area contributed by atoms with Gasteiger partial charge in [0.15, 0.2) is 0 Å². The zero-order valence-electron chi connectivity index (χ0n) is 10.6. The fourth-order valence-corrected chi connectivity index (χ4v) is 2.95. The van der Waals surface area contributed by atoms with Gasteiger partial charge in [-0.15, -0.1) is 16.7 Å². The summed E-state index contributed by atoms with van der Waals surface area (Å²) >= 11 is 5.52. The molecular weight excluding hydrogens is 302 g/mol. The molecule has 0 aliphatic carbocycles. The minimum absolute atomic E-state index is 0.0640. The van der Waals surface area contributed by atoms with Crippen LogP contribution in [-0.2, 0) is 10.0 Å². The number of unbranched alkanes of at least 4 members (excludes halogenated alkanes) is 1. The number of aromatic nitrogens is 4. The number of anilines is 1. The molecule has 1 aromatic carbocycles. The first-order valence-corrected chi connectivity index (χ1v) is 8.19. The second kappa shape index (κ2) is 6.67. The number of rotatable bonds is 7. The molecule has 0 bridgehead atoms. The molecule has 0 aliphatic rings. The van der Waals surface area contributed by atoms with E-state index in [-0.39, 0.29) is 5.75 Å². The monoisotopic (exact) mass is 315 g/mol. The van der Waals surface area contributed by atoms with Crippen LogP contribution in [0.15, 0.2) is 30.6 Å². The van der Waals surface area contributed by atoms with Crippen molar-refractivity contribution in [2.24, 2.45) is 0 Å². The molecular formula is C11H14ClN5O2S. The molecule has 20 heavy (non-hydrogen) atoms. The molecule has 0 aliphatic heterocycles. The molecule has 1 N–H and O–H groups in total. The summed E-state index contributed by atoms with van der Waals surface area (Å²) in [6.45, 7) is 0. The van der Waals surface area contributed by atoms with Crippen LogP contribution in [0.2, 0.25) is 0 Å². The van der Waals surface area contributed by atoms with Gasteiger partial charge in [-0.05, 0) is 47.5 Å². The van der Waals surface area contributed by atoms with Crippen molar-refractivity contribution in [2.45, 2.75) is 12.8 Å². The van der Waals surface area contributed by atoms with Crippen LogP contribution in [-0.4, -0.2) is 40.3 Å². The number of hydrogen-bond donors (Lipinski definition) is 1. The third-order valence-corrected chi connectivity index (χ3v) is 4.19. The summed E-state index contributed by atoms with van der Waals surface area (Å²) in [7, 11) is -3.33. The average molecular weight is 316 g/mol. The van der Waals surface area contributed by atoms with Crippen molar-refractivity contribution in [3.63, 3.8) is 0 Å². The highest BCUT2D eigenvalue weighted by Crippen LogP contribution is 2.14. The predicted molar refractivity (Wildman–Crippen MR) is 76.5 cm³/mol. The summed E-state index contributed by atoms with van der Waals surface area (Å²) in [5, 5.41) is 10.8. The van der Waals surface area contributed by atoms with Crippen LogP contribution in [0, 0.1) is 0 Å². The van der Waals surface area contributed by atoms with Gasteiger partial charge in [0, 0.05) is 11.6 Å². The van der Waals surface area contributed by atoms with Gasteiger partial charge in [-0.3, -0.25) is 4.72 Å². The Labute approximate surface area is 122 Å². The third-order valence-electron chi connectivity index (χ3n) is 2.55. The molecule has 1 heterocycles. The van der Waals surface area contributed by atoms with Crippen molar-refractivity contribution in [2.75, 3.05) is 16.4 Å². The first kappa shape index (κ1) is 14.7. The Hall–Kier alpha value is -1.67. The summed E-state index contributed by atoms with van der Waals surface area (Å²) in [5.41, 5.74) is 1.26. The molecule has 7 nitrogen and oxygen atoms in total. The summed E-state index contributed by atoms with van der Waals surface area (Å²) in [6.07, 6.45) is 2.69. The number of benzene rings is 1. The second-order valence-electron chi connectivity index (χ2n) is 4.12. The fraction of sp³-hybridized carbons (Fsp3) is 0.364. The molecule has 0 saturated carbocycles. The molecule has 9 heteroatoms. The Kier molecular flexibility index (Phi) is 4.91. The standard InChI is InChI=1S/C11H14ClN5O2S/c12-7-1-2-8-20(18,19)14-10-3-5-11(6-4-10)17-9-13-15-16-17/h3-6,9,14H,1-2,7-8H2. The van der Waals surface area contributed by atoms with E-state index in [0.717, 1.165) is 5.69 Å². The SMILES string of the molecule is O=S(=O)(CCCCCl)Nc1ccc(-n2cnnn2)cc1. The lowest BCUT2D eigenvalue weighted by molar-refractivity contribution is 0.598. The Morgan fingerprint density at radius 2 is 1.95 bits per heavy atom. The predicted octanol–water partition coefficient (Wildman–Crippen LogP) is 1.42. The highest BCUT2D eigenvalue weighted by atomic mass is 35.5. The number of alkyl halides is 1. The van der Waals surface area contributed by atoms with Gasteiger partial charge in [0.05, 0.1) is 11.4 Å². The number of hydrogen-bond acceptors (Lipinski definition) is 5. The lowest BCUT2D eigenvalue weighted by Crippen LogP contribution is -2.16. The van der Waals surface area contributed by atoms with E-state index < -0.39 is 10.0 Å². The van der Waals surface area contributed by atoms with E-state index in [1.54, 1.807) is 24.3 Å². The molecule has 0 fully saturated rings. The molecule has 2 aromatic rings. The fourth-order valence-electron chi connectivity index (χ4n) is 1.58. The van der Waals surface area contributed by atoms with Crippen LogP contribution in [0.5, 0.6) is 0 Å². The first-order valence-electron chi connectivity index (χ1n) is 6.00. The summed E-state index contributed by atoms with van der Waals surface area (Å²) in [6, 6.07) is 6.78. The number of sulfonamides is 1. The minimum Gasteiger partial charge on any atom is -0.284 e. The Bertz CT molecular complexity index is 627. The Balaban J connectivity index is 2.00. The number of halogens is 1. The topological polar surface area (TPSA) is 89.8 Å². The van der Waals surface area contributed by atoms with E-state index in [1.807, 2.05) is 0 Å². The van der Waals surface area contributed by atoms with E-state index in [4.69, 9.17) is 11.6 Å². The van der Waals surface area contributed by atoms with Crippen LogP contribution in [0.3, 0.4) is 0 Å². The van der Waals surface area contributed by atoms with Crippen LogP contribution in [0.1, 0.15) is 12.8 Å². The Morgan fingerprint density at radius 3 is 2.55 bits per heavy atom. The largest absolute Gasteiger partial charge is 0.284 e. The van der Waals surface area contributed by atoms with Gasteiger partial charge in [0.2, 0.25) is 10.0 Å². The van der Waals surface area contributed by atoms with Crippen LogP contribution >= 0.6 is 11.6 Å². The van der Waals surface area contributed by atoms with E-state index in [1.165, 1.54) is 11.0 Å². The zero-order valence-corrected chi connectivity index (χ0v) is 12.2. The van der Waals surface area contributed by atoms with Gasteiger partial charge in [0.25, 0.3) is 0 Å². The van der Waals surface area contributed by atoms with Gasteiger partial charge in [-0.1, -0.05) is 0 Å². The van der Waals surface area contributed by atoms with Crippen LogP contribution in [0.4, 0.5) is 5.69 Å². The molecule has 0 amide bonds. The Morgan fingerprint density at radius 1 is 1.20 bits per heavy atom. The quantitative estimate of drug-likeness (QED) is 0.616. The molecule has 2 rings (SSSR count). The molecule has 0 atom stereocenters. The van der Waals surface area contributed by atoms with E-state index in [0.29, 0.717) is 24.4 Å². The van der Waals surface area contributed by atoms with Gasteiger partial charge < -0.3 is 0 Å². The smallest absolute Gasteiger partial charge is 0.232 e. The highest BCUT2D eigenvalue weighted by Gasteiger charge is 2.10. The van der Waals surface area contributed by atoms with Crippen molar-refractivity contribution >= 4 is 27.3 Å². The van der Waals surface area contributed by atoms with Gasteiger partial charge in [-0.25, -0.2) is 13.1 Å². The highest BCUT2D eigenvalue weighted by molar-refractivity contribution is 7.92.